The monoisotopic (exact) mass is 444 g/mol. The van der Waals surface area contributed by atoms with Crippen LogP contribution in [0.5, 0.6) is 5.75 Å². The molecular weight excluding hydrogens is 419 g/mol. The van der Waals surface area contributed by atoms with Crippen molar-refractivity contribution in [1.29, 1.82) is 0 Å². The lowest BCUT2D eigenvalue weighted by atomic mass is 10.1. The molecule has 1 N–H and O–H groups in total. The summed E-state index contributed by atoms with van der Waals surface area (Å²) >= 11 is 0. The predicted octanol–water partition coefficient (Wildman–Crippen LogP) is 4.60. The molecule has 7 nitrogen and oxygen atoms in total. The Morgan fingerprint density at radius 3 is 2.87 bits per heavy atom. The molecule has 0 radical (unpaired) electrons. The van der Waals surface area contributed by atoms with Crippen LogP contribution >= 0.6 is 0 Å². The first-order chi connectivity index (χ1) is 14.8. The van der Waals surface area contributed by atoms with Crippen LogP contribution in [-0.2, 0) is 14.5 Å². The summed E-state index contributed by atoms with van der Waals surface area (Å²) in [5.41, 5.74) is 2.77. The average molecular weight is 445 g/mol. The van der Waals surface area contributed by atoms with Crippen molar-refractivity contribution in [2.24, 2.45) is 10.3 Å². The van der Waals surface area contributed by atoms with Crippen LogP contribution in [0.15, 0.2) is 41.0 Å². The van der Waals surface area contributed by atoms with E-state index in [1.807, 2.05) is 13.0 Å². The third-order valence-corrected chi connectivity index (χ3v) is 5.59. The summed E-state index contributed by atoms with van der Waals surface area (Å²) in [6.07, 6.45) is 5.56. The van der Waals surface area contributed by atoms with Gasteiger partial charge in [-0.3, -0.25) is 0 Å². The largest absolute Gasteiger partial charge is 0.491 e. The molecule has 1 aliphatic rings. The zero-order chi connectivity index (χ0) is 22.0. The molecular formula is C22H25FN4O3S. The van der Waals surface area contributed by atoms with E-state index in [-0.39, 0.29) is 5.82 Å². The summed E-state index contributed by atoms with van der Waals surface area (Å²) in [6, 6.07) is 8.01. The maximum atomic E-state index is 13.9. The number of benzene rings is 2. The predicted molar refractivity (Wildman–Crippen MR) is 120 cm³/mol. The average Bonchev–Trinajstić information content (AvgIpc) is 3.20. The standard InChI is InChI=1S/C22H25FN4O3S/c1-14-8-17(27-31(2,3)28)10-19-21(14)22(25-13-24-19)26-18-5-4-16(23)9-20(18)30-12-15-6-7-29-11-15/h4-5,8-10,13,15H,6-7,11-12H2,1-3H3,(H,24,25,26). The summed E-state index contributed by atoms with van der Waals surface area (Å²) in [4.78, 5) is 8.74. The summed E-state index contributed by atoms with van der Waals surface area (Å²) in [5.74, 6) is 0.914. The molecule has 1 fully saturated rings. The number of nitrogens with one attached hydrogen (secondary N) is 1. The second kappa shape index (κ2) is 8.76. The van der Waals surface area contributed by atoms with E-state index in [9.17, 15) is 8.60 Å². The number of halogens is 1. The van der Waals surface area contributed by atoms with Crippen molar-refractivity contribution in [1.82, 2.24) is 9.97 Å². The van der Waals surface area contributed by atoms with E-state index in [2.05, 4.69) is 19.6 Å². The topological polar surface area (TPSA) is 85.7 Å². The Morgan fingerprint density at radius 2 is 2.13 bits per heavy atom. The summed E-state index contributed by atoms with van der Waals surface area (Å²) < 4.78 is 41.5. The van der Waals surface area contributed by atoms with Crippen molar-refractivity contribution < 1.29 is 18.1 Å². The van der Waals surface area contributed by atoms with Crippen LogP contribution < -0.4 is 10.1 Å². The molecule has 0 aliphatic carbocycles. The molecule has 2 heterocycles. The number of anilines is 2. The Labute approximate surface area is 181 Å². The Balaban J connectivity index is 1.68. The zero-order valence-corrected chi connectivity index (χ0v) is 18.5. The van der Waals surface area contributed by atoms with Gasteiger partial charge < -0.3 is 14.8 Å². The van der Waals surface area contributed by atoms with E-state index < -0.39 is 9.73 Å². The van der Waals surface area contributed by atoms with Crippen LogP contribution in [-0.4, -0.2) is 46.5 Å². The smallest absolute Gasteiger partial charge is 0.145 e. The van der Waals surface area contributed by atoms with E-state index in [0.717, 1.165) is 24.0 Å². The minimum Gasteiger partial charge on any atom is -0.491 e. The summed E-state index contributed by atoms with van der Waals surface area (Å²) in [6.45, 7) is 3.77. The van der Waals surface area contributed by atoms with Gasteiger partial charge in [0, 0.05) is 46.2 Å². The fourth-order valence-corrected chi connectivity index (χ4v) is 4.16. The van der Waals surface area contributed by atoms with Crippen molar-refractivity contribution in [3.8, 4) is 5.75 Å². The highest BCUT2D eigenvalue weighted by Crippen LogP contribution is 2.34. The van der Waals surface area contributed by atoms with Crippen molar-refractivity contribution in [2.75, 3.05) is 37.6 Å². The third-order valence-electron chi connectivity index (χ3n) is 4.94. The van der Waals surface area contributed by atoms with Crippen LogP contribution in [0.2, 0.25) is 0 Å². The first-order valence-corrected chi connectivity index (χ1v) is 12.3. The molecule has 1 aromatic heterocycles. The number of nitrogens with zero attached hydrogens (tertiary/aromatic N) is 3. The van der Waals surface area contributed by atoms with Gasteiger partial charge in [0.25, 0.3) is 0 Å². The first kappa shape index (κ1) is 21.5. The van der Waals surface area contributed by atoms with Crippen molar-refractivity contribution in [2.45, 2.75) is 13.3 Å². The molecule has 1 atom stereocenters. The van der Waals surface area contributed by atoms with Gasteiger partial charge in [0.15, 0.2) is 0 Å². The zero-order valence-electron chi connectivity index (χ0n) is 17.7. The number of ether oxygens (including phenoxy) is 2. The number of aryl methyl sites for hydroxylation is 1. The van der Waals surface area contributed by atoms with Gasteiger partial charge in [-0.05, 0) is 43.2 Å². The summed E-state index contributed by atoms with van der Waals surface area (Å²) in [5, 5.41) is 4.07. The van der Waals surface area contributed by atoms with Gasteiger partial charge in [-0.2, -0.15) is 4.36 Å². The lowest BCUT2D eigenvalue weighted by molar-refractivity contribution is 0.167. The highest BCUT2D eigenvalue weighted by atomic mass is 32.2. The molecule has 31 heavy (non-hydrogen) atoms. The van der Waals surface area contributed by atoms with Gasteiger partial charge in [0.05, 0.1) is 30.1 Å². The normalized spacial score (nSPS) is 16.5. The minimum absolute atomic E-state index is 0.299. The lowest BCUT2D eigenvalue weighted by Crippen LogP contribution is -2.12. The maximum Gasteiger partial charge on any atom is 0.145 e. The second-order valence-corrected chi connectivity index (χ2v) is 10.5. The molecule has 3 aromatic rings. The van der Waals surface area contributed by atoms with Crippen molar-refractivity contribution >= 4 is 37.8 Å². The second-order valence-electron chi connectivity index (χ2n) is 7.96. The number of aromatic nitrogens is 2. The minimum atomic E-state index is -2.29. The first-order valence-electron chi connectivity index (χ1n) is 9.98. The molecule has 0 spiro atoms. The number of hydrogen-bond donors (Lipinski definition) is 1. The quantitative estimate of drug-likeness (QED) is 0.598. The Morgan fingerprint density at radius 1 is 1.29 bits per heavy atom. The third kappa shape index (κ3) is 5.29. The molecule has 0 amide bonds. The fourth-order valence-electron chi connectivity index (χ4n) is 3.54. The molecule has 1 unspecified atom stereocenters. The van der Waals surface area contributed by atoms with Gasteiger partial charge in [-0.1, -0.05) is 0 Å². The molecule has 1 aliphatic heterocycles. The fraction of sp³-hybridized carbons (Fsp3) is 0.364. The number of fused-ring (bicyclic) bond motifs is 1. The van der Waals surface area contributed by atoms with E-state index >= 15 is 0 Å². The lowest BCUT2D eigenvalue weighted by Gasteiger charge is -2.16. The molecule has 2 aromatic carbocycles. The van der Waals surface area contributed by atoms with Gasteiger partial charge in [0.1, 0.15) is 23.7 Å². The van der Waals surface area contributed by atoms with E-state index in [4.69, 9.17) is 9.47 Å². The molecule has 9 heteroatoms. The van der Waals surface area contributed by atoms with Crippen LogP contribution in [0.4, 0.5) is 21.6 Å². The Kier molecular flexibility index (Phi) is 6.06. The molecule has 1 saturated heterocycles. The van der Waals surface area contributed by atoms with Crippen LogP contribution in [0.25, 0.3) is 10.9 Å². The van der Waals surface area contributed by atoms with E-state index in [1.165, 1.54) is 18.5 Å². The molecule has 0 bridgehead atoms. The van der Waals surface area contributed by atoms with Gasteiger partial charge >= 0.3 is 0 Å². The van der Waals surface area contributed by atoms with Gasteiger partial charge in [-0.25, -0.2) is 18.6 Å². The molecule has 0 saturated carbocycles. The SMILES string of the molecule is Cc1cc(N=S(C)(C)=O)cc2ncnc(Nc3ccc(F)cc3OCC3CCOC3)c12. The highest BCUT2D eigenvalue weighted by molar-refractivity contribution is 7.92. The molecule has 164 valence electrons. The van der Waals surface area contributed by atoms with E-state index in [0.29, 0.717) is 47.6 Å². The van der Waals surface area contributed by atoms with E-state index in [1.54, 1.807) is 24.6 Å². The molecule has 4 rings (SSSR count). The van der Waals surface area contributed by atoms with Crippen molar-refractivity contribution in [3.63, 3.8) is 0 Å². The summed E-state index contributed by atoms with van der Waals surface area (Å²) in [7, 11) is -2.29. The number of rotatable bonds is 6. The number of hydrogen-bond acceptors (Lipinski definition) is 7. The highest BCUT2D eigenvalue weighted by Gasteiger charge is 2.18. The van der Waals surface area contributed by atoms with Gasteiger partial charge in [0.2, 0.25) is 0 Å². The van der Waals surface area contributed by atoms with Crippen LogP contribution in [0.1, 0.15) is 12.0 Å². The van der Waals surface area contributed by atoms with Gasteiger partial charge in [-0.15, -0.1) is 0 Å². The van der Waals surface area contributed by atoms with Crippen LogP contribution in [0, 0.1) is 18.7 Å². The van der Waals surface area contributed by atoms with Crippen molar-refractivity contribution in [3.05, 3.63) is 48.0 Å². The Hall–Kier alpha value is -2.78. The maximum absolute atomic E-state index is 13.9. The van der Waals surface area contributed by atoms with Crippen LogP contribution in [0.3, 0.4) is 0 Å². The Bertz CT molecular complexity index is 1230.